The van der Waals surface area contributed by atoms with Crippen molar-refractivity contribution in [1.82, 2.24) is 4.90 Å². The molecule has 0 fully saturated rings. The molecule has 0 spiro atoms. The van der Waals surface area contributed by atoms with Gasteiger partial charge in [-0.15, -0.1) is 0 Å². The molecule has 0 aliphatic heterocycles. The van der Waals surface area contributed by atoms with Crippen LogP contribution >= 0.6 is 0 Å². The molecule has 0 heterocycles. The van der Waals surface area contributed by atoms with Crippen molar-refractivity contribution in [2.75, 3.05) is 26.3 Å². The molecular weight excluding hydrogens is 286 g/mol. The minimum atomic E-state index is -5.18. The van der Waals surface area contributed by atoms with E-state index in [-0.39, 0.29) is 13.1 Å². The normalized spacial score (nSPS) is 15.2. The Bertz CT molecular complexity index is 414. The molecular formula is C8H15NO9S. The van der Waals surface area contributed by atoms with E-state index in [0.717, 1.165) is 4.90 Å². The molecule has 0 saturated heterocycles. The standard InChI is InChI=1S/C8H15NO9S/c10-3-1-9(2-4-11)5(7(12)13)6(8(14)15)19(16,17)18/h5-6,10-11H,1-4H2,(H,12,13)(H,14,15)(H,16,17,18). The average molecular weight is 301 g/mol. The van der Waals surface area contributed by atoms with E-state index in [1.165, 1.54) is 0 Å². The molecule has 2 unspecified atom stereocenters. The van der Waals surface area contributed by atoms with Crippen LogP contribution in [-0.2, 0) is 19.7 Å². The van der Waals surface area contributed by atoms with Crippen LogP contribution in [0.2, 0.25) is 0 Å². The van der Waals surface area contributed by atoms with Gasteiger partial charge in [0.05, 0.1) is 13.2 Å². The Morgan fingerprint density at radius 2 is 1.42 bits per heavy atom. The third kappa shape index (κ3) is 5.08. The number of aliphatic carboxylic acids is 2. The second kappa shape index (κ2) is 7.35. The highest BCUT2D eigenvalue weighted by Crippen LogP contribution is 2.13. The van der Waals surface area contributed by atoms with Crippen LogP contribution in [0.3, 0.4) is 0 Å². The van der Waals surface area contributed by atoms with Crippen molar-refractivity contribution in [1.29, 1.82) is 0 Å². The van der Waals surface area contributed by atoms with Crippen molar-refractivity contribution >= 4 is 22.1 Å². The molecule has 0 bridgehead atoms. The van der Waals surface area contributed by atoms with Crippen LogP contribution in [0.5, 0.6) is 0 Å². The van der Waals surface area contributed by atoms with Crippen molar-refractivity contribution in [2.45, 2.75) is 11.3 Å². The lowest BCUT2D eigenvalue weighted by Gasteiger charge is -2.29. The second-order valence-electron chi connectivity index (χ2n) is 3.54. The molecule has 0 aromatic carbocycles. The molecule has 0 aliphatic carbocycles. The molecule has 0 saturated carbocycles. The van der Waals surface area contributed by atoms with Gasteiger partial charge in [0.15, 0.2) is 0 Å². The van der Waals surface area contributed by atoms with Crippen molar-refractivity contribution in [2.24, 2.45) is 0 Å². The molecule has 10 nitrogen and oxygen atoms in total. The highest BCUT2D eigenvalue weighted by atomic mass is 32.2. The monoisotopic (exact) mass is 301 g/mol. The molecule has 11 heteroatoms. The van der Waals surface area contributed by atoms with E-state index in [9.17, 15) is 18.0 Å². The highest BCUT2D eigenvalue weighted by molar-refractivity contribution is 7.87. The molecule has 0 amide bonds. The minimum absolute atomic E-state index is 0.378. The summed E-state index contributed by atoms with van der Waals surface area (Å²) in [4.78, 5) is 22.6. The van der Waals surface area contributed by atoms with Crippen LogP contribution in [0.1, 0.15) is 0 Å². The van der Waals surface area contributed by atoms with Crippen molar-refractivity contribution in [3.8, 4) is 0 Å². The first-order valence-corrected chi connectivity index (χ1v) is 6.54. The number of rotatable bonds is 9. The van der Waals surface area contributed by atoms with Gasteiger partial charge in [0.1, 0.15) is 6.04 Å². The first-order chi connectivity index (χ1) is 8.66. The van der Waals surface area contributed by atoms with Crippen LogP contribution in [0.4, 0.5) is 0 Å². The Kier molecular flexibility index (Phi) is 6.86. The van der Waals surface area contributed by atoms with Gasteiger partial charge < -0.3 is 20.4 Å². The second-order valence-corrected chi connectivity index (χ2v) is 5.08. The smallest absolute Gasteiger partial charge is 0.326 e. The van der Waals surface area contributed by atoms with Crippen LogP contribution in [-0.4, -0.2) is 87.8 Å². The Balaban J connectivity index is 5.59. The SMILES string of the molecule is O=C(O)C(C(C(=O)O)S(=O)(=O)O)N(CCO)CCO. The number of carboxylic acid groups (broad SMARTS) is 2. The Hall–Kier alpha value is -1.27. The maximum Gasteiger partial charge on any atom is 0.326 e. The summed E-state index contributed by atoms with van der Waals surface area (Å²) in [6, 6.07) is -2.13. The van der Waals surface area contributed by atoms with Gasteiger partial charge in [-0.3, -0.25) is 19.0 Å². The molecule has 0 aromatic heterocycles. The van der Waals surface area contributed by atoms with Crippen LogP contribution in [0.25, 0.3) is 0 Å². The van der Waals surface area contributed by atoms with Crippen molar-refractivity contribution in [3.05, 3.63) is 0 Å². The fourth-order valence-electron chi connectivity index (χ4n) is 1.55. The zero-order valence-corrected chi connectivity index (χ0v) is 10.5. The summed E-state index contributed by atoms with van der Waals surface area (Å²) in [5.41, 5.74) is 0. The lowest BCUT2D eigenvalue weighted by molar-refractivity contribution is -0.149. The van der Waals surface area contributed by atoms with Crippen molar-refractivity contribution in [3.63, 3.8) is 0 Å². The third-order valence-corrected chi connectivity index (χ3v) is 3.37. The fourth-order valence-corrected chi connectivity index (χ4v) is 2.42. The molecule has 19 heavy (non-hydrogen) atoms. The summed E-state index contributed by atoms with van der Waals surface area (Å²) in [6.45, 7) is -1.92. The van der Waals surface area contributed by atoms with Gasteiger partial charge >= 0.3 is 11.9 Å². The van der Waals surface area contributed by atoms with Gasteiger partial charge in [-0.2, -0.15) is 8.42 Å². The molecule has 0 rings (SSSR count). The topological polar surface area (TPSA) is 173 Å². The van der Waals surface area contributed by atoms with Gasteiger partial charge in [-0.1, -0.05) is 0 Å². The number of hydrogen-bond acceptors (Lipinski definition) is 7. The van der Waals surface area contributed by atoms with Crippen LogP contribution in [0, 0.1) is 0 Å². The Morgan fingerprint density at radius 1 is 1.00 bits per heavy atom. The Labute approximate surface area is 108 Å². The zero-order valence-electron chi connectivity index (χ0n) is 9.71. The van der Waals surface area contributed by atoms with Crippen LogP contribution in [0.15, 0.2) is 0 Å². The maximum absolute atomic E-state index is 11.0. The van der Waals surface area contributed by atoms with Crippen molar-refractivity contribution < 1.29 is 43.0 Å². The predicted octanol–water partition coefficient (Wildman–Crippen LogP) is -2.93. The number of hydrogen-bond donors (Lipinski definition) is 5. The fraction of sp³-hybridized carbons (Fsp3) is 0.750. The summed E-state index contributed by atoms with van der Waals surface area (Å²) >= 11 is 0. The summed E-state index contributed by atoms with van der Waals surface area (Å²) in [5.74, 6) is -3.86. The van der Waals surface area contributed by atoms with E-state index < -0.39 is 46.6 Å². The molecule has 0 aliphatic rings. The first kappa shape index (κ1) is 17.7. The lowest BCUT2D eigenvalue weighted by atomic mass is 10.1. The van der Waals surface area contributed by atoms with Gasteiger partial charge in [-0.25, -0.2) is 0 Å². The van der Waals surface area contributed by atoms with E-state index >= 15 is 0 Å². The van der Waals surface area contributed by atoms with Gasteiger partial charge in [-0.05, 0) is 0 Å². The van der Waals surface area contributed by atoms with E-state index in [1.807, 2.05) is 0 Å². The van der Waals surface area contributed by atoms with Crippen LogP contribution < -0.4 is 0 Å². The molecule has 112 valence electrons. The number of carboxylic acids is 2. The summed E-state index contributed by atoms with van der Waals surface area (Å²) in [6.07, 6.45) is 0. The quantitative estimate of drug-likeness (QED) is 0.277. The highest BCUT2D eigenvalue weighted by Gasteiger charge is 2.46. The number of nitrogens with zero attached hydrogens (tertiary/aromatic N) is 1. The lowest BCUT2D eigenvalue weighted by Crippen LogP contribution is -2.56. The van der Waals surface area contributed by atoms with E-state index in [1.54, 1.807) is 0 Å². The van der Waals surface area contributed by atoms with E-state index in [0.29, 0.717) is 0 Å². The third-order valence-electron chi connectivity index (χ3n) is 2.27. The summed E-state index contributed by atoms with van der Waals surface area (Å²) < 4.78 is 30.8. The largest absolute Gasteiger partial charge is 0.480 e. The molecule has 2 atom stereocenters. The number of aliphatic hydroxyl groups is 2. The average Bonchev–Trinajstić information content (AvgIpc) is 2.22. The molecule has 0 aromatic rings. The molecule has 5 N–H and O–H groups in total. The minimum Gasteiger partial charge on any atom is -0.480 e. The number of carbonyl (C=O) groups is 2. The van der Waals surface area contributed by atoms with Gasteiger partial charge in [0.2, 0.25) is 5.25 Å². The maximum atomic E-state index is 11.0. The molecule has 0 radical (unpaired) electrons. The summed E-state index contributed by atoms with van der Waals surface area (Å²) in [7, 11) is -5.18. The summed E-state index contributed by atoms with van der Waals surface area (Å²) in [5, 5.41) is 32.6. The van der Waals surface area contributed by atoms with Gasteiger partial charge in [0.25, 0.3) is 10.1 Å². The predicted molar refractivity (Wildman–Crippen MR) is 60.1 cm³/mol. The van der Waals surface area contributed by atoms with Gasteiger partial charge in [0, 0.05) is 13.1 Å². The number of aliphatic hydroxyl groups excluding tert-OH is 2. The van der Waals surface area contributed by atoms with E-state index in [2.05, 4.69) is 0 Å². The zero-order chi connectivity index (χ0) is 15.2. The van der Waals surface area contributed by atoms with E-state index in [4.69, 9.17) is 25.0 Å². The first-order valence-electron chi connectivity index (χ1n) is 5.04. The Morgan fingerprint density at radius 3 is 1.63 bits per heavy atom.